The van der Waals surface area contributed by atoms with E-state index in [1.54, 1.807) is 0 Å². The van der Waals surface area contributed by atoms with E-state index in [1.807, 2.05) is 54.6 Å². The van der Waals surface area contributed by atoms with Crippen LogP contribution in [0.3, 0.4) is 0 Å². The Morgan fingerprint density at radius 2 is 1.93 bits per heavy atom. The lowest BCUT2D eigenvalue weighted by atomic mass is 9.93. The molecule has 3 N–H and O–H groups in total. The predicted molar refractivity (Wildman–Crippen MR) is 109 cm³/mol. The second kappa shape index (κ2) is 10.2. The van der Waals surface area contributed by atoms with Gasteiger partial charge in [0, 0.05) is 10.4 Å². The first kappa shape index (κ1) is 20.3. The van der Waals surface area contributed by atoms with Crippen LogP contribution in [0.15, 0.2) is 64.1 Å². The maximum Gasteiger partial charge on any atom is 0.408 e. The Hall–Kier alpha value is -2.42. The number of nitrogens with zero attached hydrogens (tertiary/aromatic N) is 1. The van der Waals surface area contributed by atoms with Gasteiger partial charge >= 0.3 is 6.09 Å². The van der Waals surface area contributed by atoms with Crippen molar-refractivity contribution in [3.8, 4) is 0 Å². The van der Waals surface area contributed by atoms with Crippen LogP contribution in [-0.4, -0.2) is 42.8 Å². The molecule has 0 fully saturated rings. The number of aliphatic hydroxyl groups is 1. The molecule has 2 aromatic carbocycles. The Balaban J connectivity index is 1.66. The Labute approximate surface area is 171 Å². The first-order valence-electron chi connectivity index (χ1n) is 8.93. The number of amidine groups is 1. The van der Waals surface area contributed by atoms with Crippen LogP contribution >= 0.6 is 15.9 Å². The number of ether oxygens (including phenoxy) is 1. The van der Waals surface area contributed by atoms with Gasteiger partial charge in [0.05, 0.1) is 19.8 Å². The number of carbonyl (C=O) groups is 1. The average molecular weight is 448 g/mol. The predicted octanol–water partition coefficient (Wildman–Crippen LogP) is 2.75. The van der Waals surface area contributed by atoms with Crippen molar-refractivity contribution in [2.75, 3.05) is 19.8 Å². The topological polar surface area (TPSA) is 92.2 Å². The summed E-state index contributed by atoms with van der Waals surface area (Å²) in [6, 6.07) is 16.9. The van der Waals surface area contributed by atoms with Crippen molar-refractivity contribution in [1.82, 2.24) is 10.8 Å². The summed E-state index contributed by atoms with van der Waals surface area (Å²) in [5.74, 6) is 0.440. The minimum absolute atomic E-state index is 0.0578. The van der Waals surface area contributed by atoms with Crippen molar-refractivity contribution in [2.24, 2.45) is 4.99 Å². The average Bonchev–Trinajstić information content (AvgIpc) is 3.10. The first-order valence-corrected chi connectivity index (χ1v) is 9.72. The van der Waals surface area contributed by atoms with Crippen molar-refractivity contribution in [2.45, 2.75) is 18.6 Å². The highest BCUT2D eigenvalue weighted by Gasteiger charge is 2.34. The zero-order valence-corrected chi connectivity index (χ0v) is 16.8. The largest absolute Gasteiger partial charge is 0.445 e. The molecule has 0 bridgehead atoms. The first-order chi connectivity index (χ1) is 13.7. The number of rotatable bonds is 7. The van der Waals surface area contributed by atoms with Crippen molar-refractivity contribution in [1.29, 1.82) is 0 Å². The molecule has 0 aliphatic carbocycles. The Bertz CT molecular complexity index is 799. The molecule has 0 spiro atoms. The highest BCUT2D eigenvalue weighted by Crippen LogP contribution is 2.27. The number of amides is 1. The van der Waals surface area contributed by atoms with Crippen LogP contribution in [0.2, 0.25) is 0 Å². The van der Waals surface area contributed by atoms with Crippen molar-refractivity contribution < 1.29 is 19.5 Å². The minimum Gasteiger partial charge on any atom is -0.445 e. The third kappa shape index (κ3) is 5.54. The summed E-state index contributed by atoms with van der Waals surface area (Å²) in [4.78, 5) is 22.0. The van der Waals surface area contributed by atoms with E-state index in [9.17, 15) is 4.79 Å². The van der Waals surface area contributed by atoms with Crippen molar-refractivity contribution >= 4 is 27.9 Å². The monoisotopic (exact) mass is 447 g/mol. The standard InChI is InChI=1S/C20H22BrN3O4/c21-16-8-6-15(7-9-16)17-12-22-19(24-28-11-10-25)18(17)23-20(26)27-13-14-4-2-1-3-5-14/h1-9,17-18,25H,10-13H2,(H,22,24)(H,23,26)/t17-,18-/m0/s1. The SMILES string of the molecule is O=C(N[C@@H]1C(NOCCO)=NC[C@H]1c1ccc(Br)cc1)OCc1ccccc1. The highest BCUT2D eigenvalue weighted by atomic mass is 79.9. The number of nitrogens with one attached hydrogen (secondary N) is 2. The lowest BCUT2D eigenvalue weighted by molar-refractivity contribution is 0.0514. The molecule has 0 radical (unpaired) electrons. The van der Waals surface area contributed by atoms with E-state index in [0.717, 1.165) is 15.6 Å². The molecular formula is C20H22BrN3O4. The van der Waals surface area contributed by atoms with Crippen molar-refractivity contribution in [3.05, 3.63) is 70.2 Å². The zero-order valence-electron chi connectivity index (χ0n) is 15.2. The summed E-state index contributed by atoms with van der Waals surface area (Å²) in [5.41, 5.74) is 4.68. The molecule has 1 aliphatic rings. The van der Waals surface area contributed by atoms with Gasteiger partial charge in [-0.15, -0.1) is 0 Å². The van der Waals surface area contributed by atoms with E-state index in [-0.39, 0.29) is 25.7 Å². The molecule has 1 aliphatic heterocycles. The molecule has 2 atom stereocenters. The maximum absolute atomic E-state index is 12.4. The van der Waals surface area contributed by atoms with Gasteiger partial charge in [-0.05, 0) is 23.3 Å². The van der Waals surface area contributed by atoms with E-state index in [4.69, 9.17) is 14.7 Å². The van der Waals surface area contributed by atoms with Crippen LogP contribution in [0.5, 0.6) is 0 Å². The molecule has 28 heavy (non-hydrogen) atoms. The van der Waals surface area contributed by atoms with E-state index in [2.05, 4.69) is 31.7 Å². The second-order valence-electron chi connectivity index (χ2n) is 6.24. The van der Waals surface area contributed by atoms with Gasteiger partial charge in [-0.2, -0.15) is 0 Å². The van der Waals surface area contributed by atoms with Crippen LogP contribution in [-0.2, 0) is 16.2 Å². The molecule has 7 nitrogen and oxygen atoms in total. The van der Waals surface area contributed by atoms with E-state index >= 15 is 0 Å². The number of benzene rings is 2. The molecule has 0 aromatic heterocycles. The fourth-order valence-corrected chi connectivity index (χ4v) is 3.19. The molecule has 2 aromatic rings. The van der Waals surface area contributed by atoms with Gasteiger partial charge < -0.3 is 15.2 Å². The third-order valence-corrected chi connectivity index (χ3v) is 4.84. The quantitative estimate of drug-likeness (QED) is 0.448. The minimum atomic E-state index is -0.533. The Morgan fingerprint density at radius 3 is 2.64 bits per heavy atom. The van der Waals surface area contributed by atoms with Crippen LogP contribution in [0, 0.1) is 0 Å². The fourth-order valence-electron chi connectivity index (χ4n) is 2.93. The fraction of sp³-hybridized carbons (Fsp3) is 0.300. The smallest absolute Gasteiger partial charge is 0.408 e. The van der Waals surface area contributed by atoms with Crippen LogP contribution in [0.4, 0.5) is 4.79 Å². The lowest BCUT2D eigenvalue weighted by Crippen LogP contribution is -2.48. The summed E-state index contributed by atoms with van der Waals surface area (Å²) >= 11 is 3.43. The van der Waals surface area contributed by atoms with Gasteiger partial charge in [-0.25, -0.2) is 4.79 Å². The number of hydroxylamine groups is 1. The summed E-state index contributed by atoms with van der Waals surface area (Å²) < 4.78 is 6.32. The van der Waals surface area contributed by atoms with Gasteiger partial charge in [-0.1, -0.05) is 58.4 Å². The Kier molecular flexibility index (Phi) is 7.41. The van der Waals surface area contributed by atoms with E-state index in [0.29, 0.717) is 12.4 Å². The van der Waals surface area contributed by atoms with Crippen LogP contribution in [0.25, 0.3) is 0 Å². The normalized spacial score (nSPS) is 18.4. The van der Waals surface area contributed by atoms with Gasteiger partial charge in [0.25, 0.3) is 0 Å². The maximum atomic E-state index is 12.4. The number of halogens is 1. The van der Waals surface area contributed by atoms with E-state index in [1.165, 1.54) is 0 Å². The molecule has 1 amide bonds. The molecule has 1 heterocycles. The second-order valence-corrected chi connectivity index (χ2v) is 7.16. The lowest BCUT2D eigenvalue weighted by Gasteiger charge is -2.23. The van der Waals surface area contributed by atoms with Crippen LogP contribution in [0.1, 0.15) is 17.0 Å². The van der Waals surface area contributed by atoms with Crippen molar-refractivity contribution in [3.63, 3.8) is 0 Å². The molecule has 0 saturated carbocycles. The van der Waals surface area contributed by atoms with Crippen LogP contribution < -0.4 is 10.8 Å². The highest BCUT2D eigenvalue weighted by molar-refractivity contribution is 9.10. The summed E-state index contributed by atoms with van der Waals surface area (Å²) in [6.45, 7) is 0.681. The van der Waals surface area contributed by atoms with E-state index < -0.39 is 12.1 Å². The number of hydrogen-bond acceptors (Lipinski definition) is 6. The molecule has 0 unspecified atom stereocenters. The summed E-state index contributed by atoms with van der Waals surface area (Å²) in [5, 5.41) is 11.8. The molecule has 0 saturated heterocycles. The number of carbonyl (C=O) groups excluding carboxylic acids is 1. The van der Waals surface area contributed by atoms with Gasteiger partial charge in [0.1, 0.15) is 18.5 Å². The number of aliphatic imine (C=N–C) groups is 1. The molecule has 3 rings (SSSR count). The molecular weight excluding hydrogens is 426 g/mol. The Morgan fingerprint density at radius 1 is 1.18 bits per heavy atom. The number of hydrogen-bond donors (Lipinski definition) is 3. The summed E-state index contributed by atoms with van der Waals surface area (Å²) in [6.07, 6.45) is -0.533. The third-order valence-electron chi connectivity index (χ3n) is 4.31. The number of alkyl carbamates (subject to hydrolysis) is 1. The molecule has 148 valence electrons. The molecule has 8 heteroatoms. The summed E-state index contributed by atoms with van der Waals surface area (Å²) in [7, 11) is 0. The zero-order chi connectivity index (χ0) is 19.8. The van der Waals surface area contributed by atoms with Gasteiger partial charge in [0.2, 0.25) is 0 Å². The van der Waals surface area contributed by atoms with Gasteiger partial charge in [-0.3, -0.25) is 15.3 Å². The number of aliphatic hydroxyl groups excluding tert-OH is 1. The van der Waals surface area contributed by atoms with Gasteiger partial charge in [0.15, 0.2) is 0 Å².